The minimum Gasteiger partial charge on any atom is -0.497 e. The lowest BCUT2D eigenvalue weighted by Gasteiger charge is -2.38. The third-order valence-corrected chi connectivity index (χ3v) is 4.85. The number of aromatic nitrogens is 3. The van der Waals surface area contributed by atoms with E-state index in [1.54, 1.807) is 47.2 Å². The predicted molar refractivity (Wildman–Crippen MR) is 93.0 cm³/mol. The van der Waals surface area contributed by atoms with Crippen LogP contribution in [0.3, 0.4) is 0 Å². The molecule has 2 aromatic rings. The van der Waals surface area contributed by atoms with Crippen LogP contribution in [0.4, 0.5) is 0 Å². The normalized spacial score (nSPS) is 16.9. The van der Waals surface area contributed by atoms with Gasteiger partial charge in [0.25, 0.3) is 11.8 Å². The summed E-state index contributed by atoms with van der Waals surface area (Å²) in [5.41, 5.74) is 0.952. The lowest BCUT2D eigenvalue weighted by molar-refractivity contribution is 0.0498. The molecule has 1 N–H and O–H groups in total. The molecule has 1 aliphatic carbocycles. The van der Waals surface area contributed by atoms with Crippen molar-refractivity contribution in [3.8, 4) is 5.75 Å². The largest absolute Gasteiger partial charge is 0.497 e. The minimum absolute atomic E-state index is 0.0218. The van der Waals surface area contributed by atoms with Crippen LogP contribution in [0.15, 0.2) is 30.5 Å². The molecule has 2 amide bonds. The molecule has 0 bridgehead atoms. The SMILES string of the molecule is COc1ccc(C(=O)N2CC(n3cc(C(=O)NCC4CC4)nn3)C2)cc1. The quantitative estimate of drug-likeness (QED) is 0.839. The number of carbonyl (C=O) groups excluding carboxylic acids is 2. The first kappa shape index (κ1) is 16.6. The zero-order chi connectivity index (χ0) is 18.1. The highest BCUT2D eigenvalue weighted by molar-refractivity contribution is 5.95. The number of benzene rings is 1. The summed E-state index contributed by atoms with van der Waals surface area (Å²) in [5, 5.41) is 10.9. The number of amides is 2. The fraction of sp³-hybridized carbons (Fsp3) is 0.444. The average molecular weight is 355 g/mol. The van der Waals surface area contributed by atoms with Crippen LogP contribution in [-0.4, -0.2) is 58.5 Å². The molecule has 4 rings (SSSR count). The molecule has 26 heavy (non-hydrogen) atoms. The summed E-state index contributed by atoms with van der Waals surface area (Å²) < 4.78 is 6.77. The van der Waals surface area contributed by atoms with Crippen LogP contribution < -0.4 is 10.1 Å². The first-order chi connectivity index (χ1) is 12.6. The molecule has 136 valence electrons. The molecule has 2 fully saturated rings. The minimum atomic E-state index is -0.186. The molecular formula is C18H21N5O3. The van der Waals surface area contributed by atoms with Crippen LogP contribution in [0.1, 0.15) is 39.7 Å². The Kier molecular flexibility index (Phi) is 4.32. The molecule has 0 spiro atoms. The van der Waals surface area contributed by atoms with Crippen LogP contribution in [0, 0.1) is 5.92 Å². The number of hydrogen-bond donors (Lipinski definition) is 1. The summed E-state index contributed by atoms with van der Waals surface area (Å²) in [6, 6.07) is 7.11. The molecule has 0 unspecified atom stereocenters. The molecule has 1 saturated heterocycles. The molecular weight excluding hydrogens is 334 g/mol. The number of hydrogen-bond acceptors (Lipinski definition) is 5. The predicted octanol–water partition coefficient (Wildman–Crippen LogP) is 1.12. The maximum absolute atomic E-state index is 12.4. The summed E-state index contributed by atoms with van der Waals surface area (Å²) in [4.78, 5) is 26.2. The highest BCUT2D eigenvalue weighted by Gasteiger charge is 2.33. The van der Waals surface area contributed by atoms with Gasteiger partial charge in [-0.15, -0.1) is 5.10 Å². The van der Waals surface area contributed by atoms with Crippen molar-refractivity contribution in [2.24, 2.45) is 5.92 Å². The zero-order valence-electron chi connectivity index (χ0n) is 14.6. The maximum Gasteiger partial charge on any atom is 0.273 e. The van der Waals surface area contributed by atoms with E-state index >= 15 is 0 Å². The van der Waals surface area contributed by atoms with Crippen molar-refractivity contribution < 1.29 is 14.3 Å². The van der Waals surface area contributed by atoms with Gasteiger partial charge in [0, 0.05) is 25.2 Å². The number of nitrogens with zero attached hydrogens (tertiary/aromatic N) is 4. The number of rotatable bonds is 6. The second-order valence-corrected chi connectivity index (χ2v) is 6.83. The summed E-state index contributed by atoms with van der Waals surface area (Å²) in [5.74, 6) is 1.14. The van der Waals surface area contributed by atoms with Crippen molar-refractivity contribution in [3.05, 3.63) is 41.7 Å². The standard InChI is InChI=1S/C18H21N5O3/c1-26-15-6-4-13(5-7-15)18(25)22-9-14(10-22)23-11-16(20-21-23)17(24)19-8-12-2-3-12/h4-7,11-12,14H,2-3,8-10H2,1H3,(H,19,24). The number of nitrogens with one attached hydrogen (secondary N) is 1. The van der Waals surface area contributed by atoms with Gasteiger partial charge < -0.3 is 15.0 Å². The second-order valence-electron chi connectivity index (χ2n) is 6.83. The van der Waals surface area contributed by atoms with Crippen LogP contribution in [0.5, 0.6) is 5.75 Å². The second kappa shape index (κ2) is 6.78. The Labute approximate surface area is 151 Å². The highest BCUT2D eigenvalue weighted by Crippen LogP contribution is 2.27. The van der Waals surface area contributed by atoms with E-state index in [1.165, 1.54) is 12.8 Å². The Morgan fingerprint density at radius 1 is 1.23 bits per heavy atom. The van der Waals surface area contributed by atoms with Gasteiger partial charge in [-0.25, -0.2) is 4.68 Å². The molecule has 2 aliphatic rings. The zero-order valence-corrected chi connectivity index (χ0v) is 14.6. The van der Waals surface area contributed by atoms with E-state index in [9.17, 15) is 9.59 Å². The van der Waals surface area contributed by atoms with Crippen LogP contribution in [0.2, 0.25) is 0 Å². The molecule has 0 atom stereocenters. The Morgan fingerprint density at radius 2 is 1.96 bits per heavy atom. The molecule has 8 nitrogen and oxygen atoms in total. The Hall–Kier alpha value is -2.90. The van der Waals surface area contributed by atoms with E-state index in [4.69, 9.17) is 4.74 Å². The van der Waals surface area contributed by atoms with Gasteiger partial charge >= 0.3 is 0 Å². The molecule has 1 aromatic carbocycles. The van der Waals surface area contributed by atoms with E-state index in [0.717, 1.165) is 5.75 Å². The smallest absolute Gasteiger partial charge is 0.273 e. The van der Waals surface area contributed by atoms with Crippen molar-refractivity contribution in [2.75, 3.05) is 26.7 Å². The van der Waals surface area contributed by atoms with Crippen molar-refractivity contribution in [1.82, 2.24) is 25.2 Å². The van der Waals surface area contributed by atoms with E-state index in [-0.39, 0.29) is 17.9 Å². The fourth-order valence-electron chi connectivity index (χ4n) is 2.91. The number of carbonyl (C=O) groups is 2. The fourth-order valence-corrected chi connectivity index (χ4v) is 2.91. The number of likely N-dealkylation sites (tertiary alicyclic amines) is 1. The van der Waals surface area contributed by atoms with Gasteiger partial charge in [-0.1, -0.05) is 5.21 Å². The Bertz CT molecular complexity index is 806. The van der Waals surface area contributed by atoms with Gasteiger partial charge in [-0.05, 0) is 43.0 Å². The summed E-state index contributed by atoms with van der Waals surface area (Å²) >= 11 is 0. The Morgan fingerprint density at radius 3 is 2.62 bits per heavy atom. The molecule has 1 aromatic heterocycles. The van der Waals surface area contributed by atoms with Crippen LogP contribution in [-0.2, 0) is 0 Å². The van der Waals surface area contributed by atoms with Crippen molar-refractivity contribution in [2.45, 2.75) is 18.9 Å². The van der Waals surface area contributed by atoms with Gasteiger partial charge in [-0.3, -0.25) is 9.59 Å². The van der Waals surface area contributed by atoms with Crippen LogP contribution >= 0.6 is 0 Å². The first-order valence-corrected chi connectivity index (χ1v) is 8.77. The lowest BCUT2D eigenvalue weighted by Crippen LogP contribution is -2.50. The summed E-state index contributed by atoms with van der Waals surface area (Å²) in [6.45, 7) is 1.81. The van der Waals surface area contributed by atoms with Gasteiger partial charge in [0.05, 0.1) is 19.3 Å². The third kappa shape index (κ3) is 3.40. The lowest BCUT2D eigenvalue weighted by atomic mass is 10.1. The maximum atomic E-state index is 12.4. The number of ether oxygens (including phenoxy) is 1. The van der Waals surface area contributed by atoms with Crippen molar-refractivity contribution >= 4 is 11.8 Å². The summed E-state index contributed by atoms with van der Waals surface area (Å²) in [6.07, 6.45) is 4.03. The Balaban J connectivity index is 1.31. The first-order valence-electron chi connectivity index (χ1n) is 8.77. The third-order valence-electron chi connectivity index (χ3n) is 4.85. The topological polar surface area (TPSA) is 89.4 Å². The van der Waals surface area contributed by atoms with Gasteiger partial charge in [0.1, 0.15) is 5.75 Å². The average Bonchev–Trinajstić information content (AvgIpc) is 3.34. The van der Waals surface area contributed by atoms with Gasteiger partial charge in [0.15, 0.2) is 5.69 Å². The van der Waals surface area contributed by atoms with Gasteiger partial charge in [0.2, 0.25) is 0 Å². The van der Waals surface area contributed by atoms with Gasteiger partial charge in [-0.2, -0.15) is 0 Å². The molecule has 0 radical (unpaired) electrons. The molecule has 8 heteroatoms. The van der Waals surface area contributed by atoms with E-state index < -0.39 is 0 Å². The van der Waals surface area contributed by atoms with Crippen molar-refractivity contribution in [3.63, 3.8) is 0 Å². The highest BCUT2D eigenvalue weighted by atomic mass is 16.5. The van der Waals surface area contributed by atoms with E-state index in [0.29, 0.717) is 36.8 Å². The van der Waals surface area contributed by atoms with E-state index in [1.807, 2.05) is 0 Å². The molecule has 1 aliphatic heterocycles. The van der Waals surface area contributed by atoms with E-state index in [2.05, 4.69) is 15.6 Å². The van der Waals surface area contributed by atoms with Crippen LogP contribution in [0.25, 0.3) is 0 Å². The summed E-state index contributed by atoms with van der Waals surface area (Å²) in [7, 11) is 1.59. The number of methoxy groups -OCH3 is 1. The monoisotopic (exact) mass is 355 g/mol. The molecule has 1 saturated carbocycles. The molecule has 2 heterocycles. The van der Waals surface area contributed by atoms with Crippen molar-refractivity contribution in [1.29, 1.82) is 0 Å².